The van der Waals surface area contributed by atoms with Gasteiger partial charge >= 0.3 is 0 Å². The van der Waals surface area contributed by atoms with Crippen molar-refractivity contribution in [2.45, 2.75) is 20.0 Å². The minimum atomic E-state index is -0.669. The maximum Gasteiger partial charge on any atom is 0.237 e. The number of allylic oxidation sites excluding steroid dienone is 1. The van der Waals surface area contributed by atoms with E-state index in [1.165, 1.54) is 34.5 Å². The lowest BCUT2D eigenvalue weighted by Gasteiger charge is -2.25. The maximum absolute atomic E-state index is 13.2. The van der Waals surface area contributed by atoms with Crippen molar-refractivity contribution in [3.8, 4) is 23.0 Å². The Morgan fingerprint density at radius 1 is 0.667 bits per heavy atom. The summed E-state index contributed by atoms with van der Waals surface area (Å²) in [5, 5.41) is 0. The summed E-state index contributed by atoms with van der Waals surface area (Å²) < 4.78 is 27.4. The fourth-order valence-corrected chi connectivity index (χ4v) is 3.34. The predicted octanol–water partition coefficient (Wildman–Crippen LogP) is 3.78. The summed E-state index contributed by atoms with van der Waals surface area (Å²) >= 11 is 0. The maximum atomic E-state index is 13.2. The lowest BCUT2D eigenvalue weighted by molar-refractivity contribution is -0.110. The van der Waals surface area contributed by atoms with E-state index in [0.717, 1.165) is 0 Å². The van der Waals surface area contributed by atoms with Crippen LogP contribution < -0.4 is 18.9 Å². The zero-order chi connectivity index (χ0) is 22.0. The number of Topliss-reactive ketones (excluding diaryl/α,β-unsaturated/α-hetero) is 2. The van der Waals surface area contributed by atoms with Crippen LogP contribution in [-0.2, 0) is 9.53 Å². The SMILES string of the molecule is COc1ccc(C2=C(OC(C)C)c3cc(OC)c(OC)cc3C(=O)C2=O)cc1OC. The van der Waals surface area contributed by atoms with Gasteiger partial charge in [0.25, 0.3) is 0 Å². The van der Waals surface area contributed by atoms with Gasteiger partial charge < -0.3 is 23.7 Å². The molecule has 0 spiro atoms. The molecular weight excluding hydrogens is 388 g/mol. The number of methoxy groups -OCH3 is 4. The van der Waals surface area contributed by atoms with Gasteiger partial charge in [-0.1, -0.05) is 6.07 Å². The van der Waals surface area contributed by atoms with E-state index in [1.807, 2.05) is 13.8 Å². The largest absolute Gasteiger partial charge is 0.493 e. The third kappa shape index (κ3) is 3.58. The summed E-state index contributed by atoms with van der Waals surface area (Å²) in [4.78, 5) is 26.1. The van der Waals surface area contributed by atoms with Gasteiger partial charge in [-0.2, -0.15) is 0 Å². The highest BCUT2D eigenvalue weighted by atomic mass is 16.5. The molecule has 0 N–H and O–H groups in total. The minimum Gasteiger partial charge on any atom is -0.493 e. The first-order valence-corrected chi connectivity index (χ1v) is 9.34. The second-order valence-electron chi connectivity index (χ2n) is 6.85. The van der Waals surface area contributed by atoms with Crippen LogP contribution in [0.5, 0.6) is 23.0 Å². The van der Waals surface area contributed by atoms with Gasteiger partial charge in [0, 0.05) is 11.1 Å². The monoisotopic (exact) mass is 412 g/mol. The molecule has 1 aliphatic rings. The van der Waals surface area contributed by atoms with Crippen molar-refractivity contribution in [2.24, 2.45) is 0 Å². The summed E-state index contributed by atoms with van der Waals surface area (Å²) in [6, 6.07) is 8.17. The van der Waals surface area contributed by atoms with Gasteiger partial charge in [0.2, 0.25) is 11.6 Å². The highest BCUT2D eigenvalue weighted by Crippen LogP contribution is 2.42. The number of benzene rings is 2. The van der Waals surface area contributed by atoms with Crippen molar-refractivity contribution < 1.29 is 33.3 Å². The second kappa shape index (κ2) is 8.49. The van der Waals surface area contributed by atoms with Crippen molar-refractivity contribution in [1.29, 1.82) is 0 Å². The van der Waals surface area contributed by atoms with Crippen LogP contribution in [0.1, 0.15) is 35.3 Å². The molecule has 158 valence electrons. The first-order chi connectivity index (χ1) is 14.4. The van der Waals surface area contributed by atoms with Crippen molar-refractivity contribution in [1.82, 2.24) is 0 Å². The van der Waals surface area contributed by atoms with Gasteiger partial charge in [-0.15, -0.1) is 0 Å². The number of ether oxygens (including phenoxy) is 5. The van der Waals surface area contributed by atoms with Crippen molar-refractivity contribution >= 4 is 22.9 Å². The number of hydrogen-bond donors (Lipinski definition) is 0. The topological polar surface area (TPSA) is 80.3 Å². The Bertz CT molecular complexity index is 1030. The van der Waals surface area contributed by atoms with E-state index in [0.29, 0.717) is 39.9 Å². The molecule has 0 saturated carbocycles. The van der Waals surface area contributed by atoms with Crippen LogP contribution in [0, 0.1) is 0 Å². The van der Waals surface area contributed by atoms with Crippen LogP contribution in [0.3, 0.4) is 0 Å². The molecule has 0 atom stereocenters. The second-order valence-corrected chi connectivity index (χ2v) is 6.85. The molecule has 7 nitrogen and oxygen atoms in total. The zero-order valence-corrected chi connectivity index (χ0v) is 17.8. The van der Waals surface area contributed by atoms with Gasteiger partial charge in [-0.25, -0.2) is 0 Å². The fourth-order valence-electron chi connectivity index (χ4n) is 3.34. The average molecular weight is 412 g/mol. The Morgan fingerprint density at radius 3 is 1.73 bits per heavy atom. The molecule has 0 saturated heterocycles. The highest BCUT2D eigenvalue weighted by molar-refractivity contribution is 6.62. The molecule has 0 heterocycles. The van der Waals surface area contributed by atoms with Crippen LogP contribution in [0.25, 0.3) is 11.3 Å². The number of ketones is 2. The molecule has 0 fully saturated rings. The molecule has 0 radical (unpaired) electrons. The summed E-state index contributed by atoms with van der Waals surface area (Å²) in [5.74, 6) is 0.715. The van der Waals surface area contributed by atoms with Gasteiger partial charge in [-0.05, 0) is 43.7 Å². The van der Waals surface area contributed by atoms with Crippen LogP contribution in [0.15, 0.2) is 30.3 Å². The smallest absolute Gasteiger partial charge is 0.237 e. The van der Waals surface area contributed by atoms with Gasteiger partial charge in [0.1, 0.15) is 5.76 Å². The lowest BCUT2D eigenvalue weighted by Crippen LogP contribution is -2.25. The molecule has 7 heteroatoms. The summed E-state index contributed by atoms with van der Waals surface area (Å²) in [7, 11) is 5.99. The molecule has 2 aromatic rings. The predicted molar refractivity (Wildman–Crippen MR) is 111 cm³/mol. The zero-order valence-electron chi connectivity index (χ0n) is 17.8. The van der Waals surface area contributed by atoms with E-state index in [1.54, 1.807) is 24.3 Å². The molecule has 2 aromatic carbocycles. The van der Waals surface area contributed by atoms with Crippen molar-refractivity contribution in [2.75, 3.05) is 28.4 Å². The van der Waals surface area contributed by atoms with E-state index < -0.39 is 11.6 Å². The summed E-state index contributed by atoms with van der Waals surface area (Å²) in [5.41, 5.74) is 1.32. The molecule has 1 aliphatic carbocycles. The molecule has 0 bridgehead atoms. The average Bonchev–Trinajstić information content (AvgIpc) is 2.75. The lowest BCUT2D eigenvalue weighted by atomic mass is 9.84. The van der Waals surface area contributed by atoms with E-state index in [4.69, 9.17) is 23.7 Å². The number of carbonyl (C=O) groups excluding carboxylic acids is 2. The summed E-state index contributed by atoms with van der Waals surface area (Å²) in [6.07, 6.45) is -0.239. The number of hydrogen-bond acceptors (Lipinski definition) is 7. The van der Waals surface area contributed by atoms with E-state index in [-0.39, 0.29) is 17.2 Å². The van der Waals surface area contributed by atoms with Crippen LogP contribution >= 0.6 is 0 Å². The molecule has 0 aliphatic heterocycles. The minimum absolute atomic E-state index is 0.161. The molecular formula is C23H24O7. The molecule has 0 aromatic heterocycles. The molecule has 30 heavy (non-hydrogen) atoms. The van der Waals surface area contributed by atoms with Crippen molar-refractivity contribution in [3.63, 3.8) is 0 Å². The Hall–Kier alpha value is -3.48. The Labute approximate surface area is 175 Å². The number of rotatable bonds is 7. The quantitative estimate of drug-likeness (QED) is 0.640. The fraction of sp³-hybridized carbons (Fsp3) is 0.304. The van der Waals surface area contributed by atoms with E-state index in [2.05, 4.69) is 0 Å². The Morgan fingerprint density at radius 2 is 1.20 bits per heavy atom. The standard InChI is InChI=1S/C23H24O7/c1-12(2)30-23-15-11-19(29-6)18(28-5)10-14(15)21(24)22(25)20(23)13-7-8-16(26-3)17(9-13)27-4/h7-12H,1-6H3. The normalized spacial score (nSPS) is 13.3. The first kappa shape index (κ1) is 21.2. The van der Waals surface area contributed by atoms with Crippen LogP contribution in [0.4, 0.5) is 0 Å². The Balaban J connectivity index is 2.34. The number of fused-ring (bicyclic) bond motifs is 1. The highest BCUT2D eigenvalue weighted by Gasteiger charge is 2.36. The third-order valence-electron chi connectivity index (χ3n) is 4.70. The van der Waals surface area contributed by atoms with Gasteiger partial charge in [0.05, 0.1) is 40.1 Å². The van der Waals surface area contributed by atoms with Gasteiger partial charge in [-0.3, -0.25) is 9.59 Å². The van der Waals surface area contributed by atoms with E-state index in [9.17, 15) is 9.59 Å². The number of carbonyl (C=O) groups is 2. The van der Waals surface area contributed by atoms with E-state index >= 15 is 0 Å². The van der Waals surface area contributed by atoms with Crippen LogP contribution in [0.2, 0.25) is 0 Å². The van der Waals surface area contributed by atoms with Gasteiger partial charge in [0.15, 0.2) is 23.0 Å². The first-order valence-electron chi connectivity index (χ1n) is 9.34. The molecule has 0 amide bonds. The molecule has 3 rings (SSSR count). The third-order valence-corrected chi connectivity index (χ3v) is 4.70. The molecule has 0 unspecified atom stereocenters. The van der Waals surface area contributed by atoms with Crippen molar-refractivity contribution in [3.05, 3.63) is 47.0 Å². The Kier molecular flexibility index (Phi) is 6.01. The van der Waals surface area contributed by atoms with Crippen LogP contribution in [-0.4, -0.2) is 46.1 Å². The summed E-state index contributed by atoms with van der Waals surface area (Å²) in [6.45, 7) is 3.70.